The number of nitrogens with one attached hydrogen (secondary N) is 2. The number of hydrogen-bond donors (Lipinski definition) is 2. The summed E-state index contributed by atoms with van der Waals surface area (Å²) in [6, 6.07) is 0. The molecule has 0 unspecified atom stereocenters. The summed E-state index contributed by atoms with van der Waals surface area (Å²) in [5.41, 5.74) is -0.313. The van der Waals surface area contributed by atoms with Crippen LogP contribution in [0.4, 0.5) is 0 Å². The number of carbonyl (C=O) groups is 4. The Bertz CT molecular complexity index is 582. The molecule has 0 spiro atoms. The molecular weight excluding hydrogens is 424 g/mol. The molecule has 0 rings (SSSR count). The molecule has 0 aliphatic rings. The SMILES string of the molecule is CC.CCC(C)(C)C(=O)CCC(=O)NCCOC.CCOCCNC(=O)/C=C/C(=O)C(C)C.[HH].[HH]. The molecule has 198 valence electrons. The Kier molecular flexibility index (Phi) is 24.9. The van der Waals surface area contributed by atoms with Gasteiger partial charge in [0.05, 0.1) is 13.2 Å². The third kappa shape index (κ3) is 22.9. The van der Waals surface area contributed by atoms with Gasteiger partial charge < -0.3 is 20.1 Å². The molecule has 0 aromatic heterocycles. The summed E-state index contributed by atoms with van der Waals surface area (Å²) in [5, 5.41) is 5.30. The molecule has 2 amide bonds. The molecule has 0 aliphatic carbocycles. The van der Waals surface area contributed by atoms with E-state index in [1.54, 1.807) is 21.0 Å². The van der Waals surface area contributed by atoms with E-state index in [0.717, 1.165) is 6.42 Å². The van der Waals surface area contributed by atoms with Crippen molar-refractivity contribution in [3.63, 3.8) is 0 Å². The fourth-order valence-electron chi connectivity index (χ4n) is 1.94. The first-order valence-electron chi connectivity index (χ1n) is 11.9. The van der Waals surface area contributed by atoms with Gasteiger partial charge in [0.1, 0.15) is 5.78 Å². The summed E-state index contributed by atoms with van der Waals surface area (Å²) >= 11 is 0. The van der Waals surface area contributed by atoms with Gasteiger partial charge in [-0.25, -0.2) is 0 Å². The van der Waals surface area contributed by atoms with Crippen molar-refractivity contribution in [2.75, 3.05) is 40.0 Å². The van der Waals surface area contributed by atoms with Crippen LogP contribution in [0.1, 0.15) is 77.5 Å². The summed E-state index contributed by atoms with van der Waals surface area (Å²) in [7, 11) is 1.58. The number of rotatable bonds is 15. The molecule has 0 heterocycles. The average molecular weight is 477 g/mol. The van der Waals surface area contributed by atoms with Crippen molar-refractivity contribution >= 4 is 23.4 Å². The molecule has 0 bridgehead atoms. The number of methoxy groups -OCH3 is 1. The van der Waals surface area contributed by atoms with E-state index in [9.17, 15) is 19.2 Å². The van der Waals surface area contributed by atoms with Crippen molar-refractivity contribution in [1.29, 1.82) is 0 Å². The summed E-state index contributed by atoms with van der Waals surface area (Å²) in [5.74, 6) is -0.315. The van der Waals surface area contributed by atoms with Crippen LogP contribution >= 0.6 is 0 Å². The zero-order chi connectivity index (χ0) is 26.3. The van der Waals surface area contributed by atoms with E-state index in [0.29, 0.717) is 39.3 Å². The smallest absolute Gasteiger partial charge is 0.244 e. The highest BCUT2D eigenvalue weighted by Gasteiger charge is 2.24. The lowest BCUT2D eigenvalue weighted by Crippen LogP contribution is -2.29. The van der Waals surface area contributed by atoms with Crippen LogP contribution in [0.2, 0.25) is 0 Å². The van der Waals surface area contributed by atoms with Gasteiger partial charge >= 0.3 is 0 Å². The Morgan fingerprint density at radius 3 is 2.00 bits per heavy atom. The fourth-order valence-corrected chi connectivity index (χ4v) is 1.94. The van der Waals surface area contributed by atoms with E-state index in [-0.39, 0.29) is 44.0 Å². The minimum absolute atomic E-state index is 0. The van der Waals surface area contributed by atoms with Crippen molar-refractivity contribution in [3.05, 3.63) is 12.2 Å². The van der Waals surface area contributed by atoms with Gasteiger partial charge in [0, 0.05) is 59.9 Å². The van der Waals surface area contributed by atoms with Crippen LogP contribution in [0, 0.1) is 11.3 Å². The topological polar surface area (TPSA) is 111 Å². The number of Topliss-reactive ketones (excluding diaryl/α,β-unsaturated/α-hetero) is 1. The van der Waals surface area contributed by atoms with Gasteiger partial charge in [-0.15, -0.1) is 0 Å². The maximum absolute atomic E-state index is 11.7. The molecular formula is C25H52N2O6. The molecule has 8 heteroatoms. The van der Waals surface area contributed by atoms with Crippen molar-refractivity contribution < 1.29 is 31.5 Å². The minimum atomic E-state index is -0.313. The Hall–Kier alpha value is -2.06. The average Bonchev–Trinajstić information content (AvgIpc) is 2.80. The number of ether oxygens (including phenoxy) is 2. The predicted molar refractivity (Wildman–Crippen MR) is 137 cm³/mol. The first-order valence-corrected chi connectivity index (χ1v) is 11.9. The minimum Gasteiger partial charge on any atom is -0.383 e. The second-order valence-electron chi connectivity index (χ2n) is 7.88. The number of allylic oxidation sites excluding steroid dienone is 1. The highest BCUT2D eigenvalue weighted by molar-refractivity contribution is 5.98. The predicted octanol–water partition coefficient (Wildman–Crippen LogP) is 3.97. The zero-order valence-corrected chi connectivity index (χ0v) is 22.3. The Labute approximate surface area is 204 Å². The van der Waals surface area contributed by atoms with Gasteiger partial charge in [-0.1, -0.05) is 48.5 Å². The van der Waals surface area contributed by atoms with Gasteiger partial charge in [0.15, 0.2) is 5.78 Å². The lowest BCUT2D eigenvalue weighted by Gasteiger charge is -2.20. The molecule has 0 atom stereocenters. The molecule has 0 fully saturated rings. The molecule has 0 saturated heterocycles. The van der Waals surface area contributed by atoms with Crippen LogP contribution in [0.5, 0.6) is 0 Å². The van der Waals surface area contributed by atoms with Crippen molar-refractivity contribution in [3.8, 4) is 0 Å². The van der Waals surface area contributed by atoms with Crippen LogP contribution < -0.4 is 10.6 Å². The summed E-state index contributed by atoms with van der Waals surface area (Å²) in [6.45, 7) is 17.9. The largest absolute Gasteiger partial charge is 0.383 e. The normalized spacial score (nSPS) is 10.6. The van der Waals surface area contributed by atoms with Gasteiger partial charge in [0.2, 0.25) is 11.8 Å². The number of carbonyl (C=O) groups excluding carboxylic acids is 4. The van der Waals surface area contributed by atoms with Gasteiger partial charge in [0.25, 0.3) is 0 Å². The standard InChI is InChI=1S/C12H23NO3.C11H19NO3.C2H6.2H2/c1-5-12(2,3)10(14)6-7-11(15)13-8-9-16-4;1-4-15-8-7-12-11(14)6-5-10(13)9(2)3;1-2;;/h5-9H2,1-4H3,(H,13,15);5-6,9H,4,7-8H2,1-3H3,(H,12,14);1-2H3;2*1H/b;6-5+;;;. The lowest BCUT2D eigenvalue weighted by molar-refractivity contribution is -0.130. The fraction of sp³-hybridized carbons (Fsp3) is 0.760. The van der Waals surface area contributed by atoms with E-state index >= 15 is 0 Å². The number of amides is 2. The Morgan fingerprint density at radius 1 is 0.939 bits per heavy atom. The van der Waals surface area contributed by atoms with Gasteiger partial charge in [-0.3, -0.25) is 19.2 Å². The third-order valence-corrected chi connectivity index (χ3v) is 4.56. The number of ketones is 2. The molecule has 8 nitrogen and oxygen atoms in total. The van der Waals surface area contributed by atoms with Crippen LogP contribution in [0.3, 0.4) is 0 Å². The maximum atomic E-state index is 11.7. The maximum Gasteiger partial charge on any atom is 0.244 e. The van der Waals surface area contributed by atoms with Crippen LogP contribution in [-0.4, -0.2) is 63.4 Å². The van der Waals surface area contributed by atoms with Crippen molar-refractivity contribution in [2.24, 2.45) is 11.3 Å². The van der Waals surface area contributed by atoms with E-state index in [1.165, 1.54) is 12.2 Å². The third-order valence-electron chi connectivity index (χ3n) is 4.56. The Balaban J connectivity index is -0.000000152. The van der Waals surface area contributed by atoms with E-state index in [2.05, 4.69) is 10.6 Å². The summed E-state index contributed by atoms with van der Waals surface area (Å²) in [6.07, 6.45) is 3.96. The first kappa shape index (κ1) is 35.5. The van der Waals surface area contributed by atoms with Crippen molar-refractivity contribution in [2.45, 2.75) is 74.7 Å². The van der Waals surface area contributed by atoms with Crippen LogP contribution in [0.25, 0.3) is 0 Å². The van der Waals surface area contributed by atoms with E-state index < -0.39 is 0 Å². The van der Waals surface area contributed by atoms with E-state index in [4.69, 9.17) is 9.47 Å². The van der Waals surface area contributed by atoms with Crippen molar-refractivity contribution in [1.82, 2.24) is 10.6 Å². The molecule has 0 radical (unpaired) electrons. The lowest BCUT2D eigenvalue weighted by atomic mass is 9.83. The summed E-state index contributed by atoms with van der Waals surface area (Å²) < 4.78 is 9.85. The van der Waals surface area contributed by atoms with Crippen LogP contribution in [-0.2, 0) is 28.7 Å². The quantitative estimate of drug-likeness (QED) is 0.273. The molecule has 0 aromatic rings. The monoisotopic (exact) mass is 476 g/mol. The zero-order valence-electron chi connectivity index (χ0n) is 22.3. The molecule has 0 aliphatic heterocycles. The highest BCUT2D eigenvalue weighted by Crippen LogP contribution is 2.23. The van der Waals surface area contributed by atoms with E-state index in [1.807, 2.05) is 41.5 Å². The summed E-state index contributed by atoms with van der Waals surface area (Å²) in [4.78, 5) is 45.3. The first-order chi connectivity index (χ1) is 15.5. The molecule has 0 saturated carbocycles. The van der Waals surface area contributed by atoms with Crippen LogP contribution in [0.15, 0.2) is 12.2 Å². The van der Waals surface area contributed by atoms with Gasteiger partial charge in [-0.2, -0.15) is 0 Å². The highest BCUT2D eigenvalue weighted by atomic mass is 16.5. The second-order valence-corrected chi connectivity index (χ2v) is 7.88. The number of hydrogen-bond acceptors (Lipinski definition) is 6. The van der Waals surface area contributed by atoms with Gasteiger partial charge in [-0.05, 0) is 19.4 Å². The molecule has 0 aromatic carbocycles. The molecule has 33 heavy (non-hydrogen) atoms. The molecule has 2 N–H and O–H groups in total. The Morgan fingerprint density at radius 2 is 1.52 bits per heavy atom. The second kappa shape index (κ2) is 23.1.